The summed E-state index contributed by atoms with van der Waals surface area (Å²) in [4.78, 5) is 4.47. The summed E-state index contributed by atoms with van der Waals surface area (Å²) in [7, 11) is 3.50. The molecule has 1 aliphatic rings. The SMILES string of the molecule is COc1c(CN=C(N)Nc2cccc3c2CCCC3)c(C)nn1C. The largest absolute Gasteiger partial charge is 0.481 e. The van der Waals surface area contributed by atoms with E-state index in [2.05, 4.69) is 33.6 Å². The highest BCUT2D eigenvalue weighted by Gasteiger charge is 2.15. The van der Waals surface area contributed by atoms with Crippen molar-refractivity contribution in [2.24, 2.45) is 17.8 Å². The lowest BCUT2D eigenvalue weighted by atomic mass is 9.90. The zero-order valence-corrected chi connectivity index (χ0v) is 14.6. The smallest absolute Gasteiger partial charge is 0.216 e. The third-order valence-corrected chi connectivity index (χ3v) is 4.55. The Hall–Kier alpha value is -2.50. The van der Waals surface area contributed by atoms with Crippen molar-refractivity contribution in [1.29, 1.82) is 0 Å². The van der Waals surface area contributed by atoms with Crippen LogP contribution in [0.5, 0.6) is 5.88 Å². The summed E-state index contributed by atoms with van der Waals surface area (Å²) in [5.41, 5.74) is 11.8. The molecule has 1 aromatic heterocycles. The summed E-state index contributed by atoms with van der Waals surface area (Å²) in [6.45, 7) is 2.39. The average Bonchev–Trinajstić information content (AvgIpc) is 2.86. The Bertz CT molecular complexity index is 763. The molecule has 0 radical (unpaired) electrons. The first kappa shape index (κ1) is 16.4. The number of aryl methyl sites for hydroxylation is 3. The van der Waals surface area contributed by atoms with E-state index in [1.807, 2.05) is 14.0 Å². The van der Waals surface area contributed by atoms with Gasteiger partial charge in [0.2, 0.25) is 5.88 Å². The molecule has 0 aliphatic heterocycles. The van der Waals surface area contributed by atoms with E-state index in [4.69, 9.17) is 10.5 Å². The molecule has 0 saturated carbocycles. The molecule has 128 valence electrons. The van der Waals surface area contributed by atoms with Gasteiger partial charge in [0, 0.05) is 12.7 Å². The number of hydrogen-bond donors (Lipinski definition) is 2. The van der Waals surface area contributed by atoms with Gasteiger partial charge in [0.1, 0.15) is 0 Å². The van der Waals surface area contributed by atoms with Crippen LogP contribution in [0.25, 0.3) is 0 Å². The number of anilines is 1. The normalized spacial score (nSPS) is 14.4. The molecular weight excluding hydrogens is 302 g/mol. The Morgan fingerprint density at radius 3 is 2.96 bits per heavy atom. The van der Waals surface area contributed by atoms with Gasteiger partial charge in [-0.2, -0.15) is 5.10 Å². The molecular formula is C18H25N5O. The lowest BCUT2D eigenvalue weighted by Gasteiger charge is -2.19. The molecule has 3 rings (SSSR count). The topological polar surface area (TPSA) is 77.5 Å². The molecule has 0 atom stereocenters. The number of aromatic nitrogens is 2. The molecule has 0 fully saturated rings. The number of fused-ring (bicyclic) bond motifs is 1. The zero-order chi connectivity index (χ0) is 17.1. The fraction of sp³-hybridized carbons (Fsp3) is 0.444. The minimum atomic E-state index is 0.416. The van der Waals surface area contributed by atoms with Crippen molar-refractivity contribution >= 4 is 11.6 Å². The van der Waals surface area contributed by atoms with Crippen molar-refractivity contribution in [2.75, 3.05) is 12.4 Å². The van der Waals surface area contributed by atoms with Crippen LogP contribution >= 0.6 is 0 Å². The summed E-state index contributed by atoms with van der Waals surface area (Å²) in [6, 6.07) is 6.35. The van der Waals surface area contributed by atoms with Crippen LogP contribution in [0, 0.1) is 6.92 Å². The van der Waals surface area contributed by atoms with Gasteiger partial charge in [-0.1, -0.05) is 12.1 Å². The molecule has 1 heterocycles. The van der Waals surface area contributed by atoms with Gasteiger partial charge >= 0.3 is 0 Å². The molecule has 24 heavy (non-hydrogen) atoms. The second-order valence-corrected chi connectivity index (χ2v) is 6.17. The number of benzene rings is 1. The molecule has 2 aromatic rings. The van der Waals surface area contributed by atoms with Gasteiger partial charge in [0.05, 0.1) is 24.9 Å². The molecule has 6 nitrogen and oxygen atoms in total. The first-order valence-electron chi connectivity index (χ1n) is 8.34. The third kappa shape index (κ3) is 3.22. The lowest BCUT2D eigenvalue weighted by molar-refractivity contribution is 0.369. The van der Waals surface area contributed by atoms with Crippen molar-refractivity contribution in [3.63, 3.8) is 0 Å². The summed E-state index contributed by atoms with van der Waals surface area (Å²) in [5, 5.41) is 7.63. The maximum absolute atomic E-state index is 6.11. The number of nitrogens with two attached hydrogens (primary N) is 1. The fourth-order valence-corrected chi connectivity index (χ4v) is 3.36. The third-order valence-electron chi connectivity index (χ3n) is 4.55. The van der Waals surface area contributed by atoms with E-state index in [9.17, 15) is 0 Å². The van der Waals surface area contributed by atoms with E-state index in [0.717, 1.165) is 35.7 Å². The summed E-state index contributed by atoms with van der Waals surface area (Å²) in [6.07, 6.45) is 4.74. The van der Waals surface area contributed by atoms with Gasteiger partial charge in [-0.15, -0.1) is 0 Å². The summed E-state index contributed by atoms with van der Waals surface area (Å²) >= 11 is 0. The second kappa shape index (κ2) is 6.95. The molecule has 1 aromatic carbocycles. The number of hydrogen-bond acceptors (Lipinski definition) is 3. The highest BCUT2D eigenvalue weighted by atomic mass is 16.5. The van der Waals surface area contributed by atoms with Crippen LogP contribution in [0.2, 0.25) is 0 Å². The molecule has 6 heteroatoms. The van der Waals surface area contributed by atoms with Crippen LogP contribution in [0.15, 0.2) is 23.2 Å². The predicted octanol–water partition coefficient (Wildman–Crippen LogP) is 2.54. The van der Waals surface area contributed by atoms with Crippen LogP contribution in [0.1, 0.15) is 35.2 Å². The predicted molar refractivity (Wildman–Crippen MR) is 96.5 cm³/mol. The van der Waals surface area contributed by atoms with Gasteiger partial charge in [-0.3, -0.25) is 0 Å². The number of methoxy groups -OCH3 is 1. The number of aliphatic imine (C=N–C) groups is 1. The lowest BCUT2D eigenvalue weighted by Crippen LogP contribution is -2.24. The number of rotatable bonds is 4. The molecule has 0 spiro atoms. The standard InChI is InChI=1S/C18H25N5O/c1-12-15(17(24-3)23(2)22-12)11-20-18(19)21-16-10-6-8-13-7-4-5-9-14(13)16/h6,8,10H,4-5,7,9,11H2,1-3H3,(H3,19,20,21). The van der Waals surface area contributed by atoms with E-state index >= 15 is 0 Å². The molecule has 0 saturated heterocycles. The highest BCUT2D eigenvalue weighted by molar-refractivity contribution is 5.93. The van der Waals surface area contributed by atoms with Crippen LogP contribution in [-0.4, -0.2) is 22.8 Å². The Kier molecular flexibility index (Phi) is 4.74. The van der Waals surface area contributed by atoms with Crippen molar-refractivity contribution in [1.82, 2.24) is 9.78 Å². The summed E-state index contributed by atoms with van der Waals surface area (Å²) in [5.74, 6) is 1.14. The van der Waals surface area contributed by atoms with Gasteiger partial charge in [-0.05, 0) is 49.8 Å². The zero-order valence-electron chi connectivity index (χ0n) is 14.6. The van der Waals surface area contributed by atoms with E-state index in [1.165, 1.54) is 24.0 Å². The van der Waals surface area contributed by atoms with E-state index in [0.29, 0.717) is 12.5 Å². The molecule has 0 bridgehead atoms. The maximum Gasteiger partial charge on any atom is 0.216 e. The van der Waals surface area contributed by atoms with Crippen molar-refractivity contribution < 1.29 is 4.74 Å². The van der Waals surface area contributed by atoms with Crippen LogP contribution in [0.3, 0.4) is 0 Å². The van der Waals surface area contributed by atoms with Gasteiger partial charge in [0.25, 0.3) is 0 Å². The van der Waals surface area contributed by atoms with Crippen LogP contribution < -0.4 is 15.8 Å². The van der Waals surface area contributed by atoms with Gasteiger partial charge in [0.15, 0.2) is 5.96 Å². The minimum Gasteiger partial charge on any atom is -0.481 e. The van der Waals surface area contributed by atoms with Crippen molar-refractivity contribution in [2.45, 2.75) is 39.2 Å². The van der Waals surface area contributed by atoms with E-state index < -0.39 is 0 Å². The average molecular weight is 327 g/mol. The van der Waals surface area contributed by atoms with Crippen molar-refractivity contribution in [3.05, 3.63) is 40.6 Å². The van der Waals surface area contributed by atoms with Crippen LogP contribution in [-0.2, 0) is 26.4 Å². The van der Waals surface area contributed by atoms with Crippen molar-refractivity contribution in [3.8, 4) is 5.88 Å². The first-order valence-corrected chi connectivity index (χ1v) is 8.34. The Morgan fingerprint density at radius 2 is 2.17 bits per heavy atom. The molecule has 0 unspecified atom stereocenters. The Labute approximate surface area is 142 Å². The number of nitrogens with one attached hydrogen (secondary N) is 1. The summed E-state index contributed by atoms with van der Waals surface area (Å²) < 4.78 is 7.11. The highest BCUT2D eigenvalue weighted by Crippen LogP contribution is 2.28. The fourth-order valence-electron chi connectivity index (χ4n) is 3.36. The Morgan fingerprint density at radius 1 is 1.38 bits per heavy atom. The quantitative estimate of drug-likeness (QED) is 0.668. The number of guanidine groups is 1. The van der Waals surface area contributed by atoms with Crippen LogP contribution in [0.4, 0.5) is 5.69 Å². The first-order chi connectivity index (χ1) is 11.6. The maximum atomic E-state index is 6.11. The van der Waals surface area contributed by atoms with Gasteiger partial charge < -0.3 is 15.8 Å². The number of ether oxygens (including phenoxy) is 1. The van der Waals surface area contributed by atoms with E-state index in [-0.39, 0.29) is 0 Å². The van der Waals surface area contributed by atoms with E-state index in [1.54, 1.807) is 11.8 Å². The molecule has 1 aliphatic carbocycles. The Balaban J connectivity index is 1.76. The van der Waals surface area contributed by atoms with Gasteiger partial charge in [-0.25, -0.2) is 9.67 Å². The second-order valence-electron chi connectivity index (χ2n) is 6.17. The number of nitrogens with zero attached hydrogens (tertiary/aromatic N) is 3. The monoisotopic (exact) mass is 327 g/mol. The molecule has 0 amide bonds. The molecule has 3 N–H and O–H groups in total. The minimum absolute atomic E-state index is 0.416.